The minimum absolute atomic E-state index is 0.0584. The summed E-state index contributed by atoms with van der Waals surface area (Å²) in [5.41, 5.74) is 4.53. The molecule has 1 heterocycles. The minimum atomic E-state index is -4.04. The number of halogens is 1. The van der Waals surface area contributed by atoms with Gasteiger partial charge in [-0.15, -0.1) is 0 Å². The van der Waals surface area contributed by atoms with Gasteiger partial charge in [0, 0.05) is 5.56 Å². The number of nitrogens with one attached hydrogen (secondary N) is 3. The van der Waals surface area contributed by atoms with E-state index in [4.69, 9.17) is 9.47 Å². The Morgan fingerprint density at radius 3 is 2.43 bits per heavy atom. The lowest BCUT2D eigenvalue weighted by Crippen LogP contribution is -2.51. The molecule has 148 valence electrons. The summed E-state index contributed by atoms with van der Waals surface area (Å²) in [5.74, 6) is -1.10. The molecule has 28 heavy (non-hydrogen) atoms. The Morgan fingerprint density at radius 1 is 1.04 bits per heavy atom. The van der Waals surface area contributed by atoms with Crippen molar-refractivity contribution in [3.05, 3.63) is 53.8 Å². The fourth-order valence-corrected chi connectivity index (χ4v) is 3.51. The van der Waals surface area contributed by atoms with Crippen LogP contribution in [0.25, 0.3) is 0 Å². The first-order chi connectivity index (χ1) is 13.3. The molecule has 1 aliphatic rings. The SMILES string of the molecule is C[C@H](NS(=O)(=O)c1ccc(F)cc1)C(=O)NNC(=O)c1ccc2c(c1)OCO2. The maximum Gasteiger partial charge on any atom is 0.269 e. The van der Waals surface area contributed by atoms with E-state index in [0.29, 0.717) is 11.5 Å². The molecule has 0 aromatic heterocycles. The predicted octanol–water partition coefficient (Wildman–Crippen LogP) is 0.682. The van der Waals surface area contributed by atoms with E-state index in [-0.39, 0.29) is 17.3 Å². The Bertz CT molecular complexity index is 1010. The van der Waals surface area contributed by atoms with Crippen LogP contribution in [0.1, 0.15) is 17.3 Å². The number of amides is 2. The highest BCUT2D eigenvalue weighted by Crippen LogP contribution is 2.32. The Morgan fingerprint density at radius 2 is 1.71 bits per heavy atom. The number of benzene rings is 2. The molecule has 0 fully saturated rings. The van der Waals surface area contributed by atoms with Crippen LogP contribution in [0.15, 0.2) is 47.4 Å². The van der Waals surface area contributed by atoms with Gasteiger partial charge in [0.1, 0.15) is 5.82 Å². The molecule has 0 unspecified atom stereocenters. The van der Waals surface area contributed by atoms with Gasteiger partial charge in [0.15, 0.2) is 11.5 Å². The van der Waals surface area contributed by atoms with Gasteiger partial charge in [-0.1, -0.05) is 0 Å². The molecular formula is C17H16FN3O6S. The molecule has 0 saturated carbocycles. The van der Waals surface area contributed by atoms with Crippen LogP contribution in [-0.2, 0) is 14.8 Å². The van der Waals surface area contributed by atoms with Crippen molar-refractivity contribution in [2.75, 3.05) is 6.79 Å². The summed E-state index contributed by atoms with van der Waals surface area (Å²) in [7, 11) is -4.04. The van der Waals surface area contributed by atoms with Gasteiger partial charge in [-0.05, 0) is 49.4 Å². The largest absolute Gasteiger partial charge is 0.454 e. The van der Waals surface area contributed by atoms with Crippen molar-refractivity contribution in [3.8, 4) is 11.5 Å². The Hall–Kier alpha value is -3.18. The molecule has 3 rings (SSSR count). The molecule has 9 nitrogen and oxygen atoms in total. The normalized spacial score (nSPS) is 13.6. The van der Waals surface area contributed by atoms with E-state index >= 15 is 0 Å². The zero-order valence-electron chi connectivity index (χ0n) is 14.6. The number of rotatable bonds is 5. The smallest absolute Gasteiger partial charge is 0.269 e. The lowest BCUT2D eigenvalue weighted by atomic mass is 10.2. The highest BCUT2D eigenvalue weighted by atomic mass is 32.2. The van der Waals surface area contributed by atoms with Crippen molar-refractivity contribution in [3.63, 3.8) is 0 Å². The van der Waals surface area contributed by atoms with Crippen LogP contribution in [0.2, 0.25) is 0 Å². The number of fused-ring (bicyclic) bond motifs is 1. The van der Waals surface area contributed by atoms with Gasteiger partial charge in [-0.3, -0.25) is 20.4 Å². The Balaban J connectivity index is 1.56. The number of sulfonamides is 1. The third-order valence-electron chi connectivity index (χ3n) is 3.78. The third-order valence-corrected chi connectivity index (χ3v) is 5.34. The number of hydrogen-bond donors (Lipinski definition) is 3. The van der Waals surface area contributed by atoms with E-state index < -0.39 is 33.7 Å². The van der Waals surface area contributed by atoms with E-state index in [1.807, 2.05) is 0 Å². The number of ether oxygens (including phenoxy) is 2. The number of hydrogen-bond acceptors (Lipinski definition) is 6. The van der Waals surface area contributed by atoms with Crippen molar-refractivity contribution in [2.45, 2.75) is 17.9 Å². The second kappa shape index (κ2) is 7.82. The van der Waals surface area contributed by atoms with Crippen molar-refractivity contribution >= 4 is 21.8 Å². The van der Waals surface area contributed by atoms with Crippen molar-refractivity contribution in [1.29, 1.82) is 0 Å². The first-order valence-electron chi connectivity index (χ1n) is 8.04. The molecule has 1 atom stereocenters. The predicted molar refractivity (Wildman–Crippen MR) is 94.4 cm³/mol. The fraction of sp³-hybridized carbons (Fsp3) is 0.176. The van der Waals surface area contributed by atoms with Crippen LogP contribution < -0.4 is 25.0 Å². The van der Waals surface area contributed by atoms with Gasteiger partial charge in [0.25, 0.3) is 11.8 Å². The summed E-state index contributed by atoms with van der Waals surface area (Å²) in [6.07, 6.45) is 0. The van der Waals surface area contributed by atoms with Gasteiger partial charge >= 0.3 is 0 Å². The summed E-state index contributed by atoms with van der Waals surface area (Å²) in [6.45, 7) is 1.35. The molecule has 0 bridgehead atoms. The van der Waals surface area contributed by atoms with Gasteiger partial charge in [-0.25, -0.2) is 12.8 Å². The fourth-order valence-electron chi connectivity index (χ4n) is 2.30. The quantitative estimate of drug-likeness (QED) is 0.625. The third kappa shape index (κ3) is 4.38. The summed E-state index contributed by atoms with van der Waals surface area (Å²) in [4.78, 5) is 24.0. The van der Waals surface area contributed by atoms with Gasteiger partial charge in [-0.2, -0.15) is 4.72 Å². The molecule has 0 saturated heterocycles. The second-order valence-corrected chi connectivity index (χ2v) is 7.52. The standard InChI is InChI=1S/C17H16FN3O6S/c1-10(21-28(24,25)13-5-3-12(18)4-6-13)16(22)19-20-17(23)11-2-7-14-15(8-11)27-9-26-14/h2-8,10,21H,9H2,1H3,(H,19,22)(H,20,23)/t10-/m0/s1. The van der Waals surface area contributed by atoms with E-state index in [1.165, 1.54) is 19.1 Å². The molecule has 2 amide bonds. The molecule has 0 radical (unpaired) electrons. The molecule has 11 heteroatoms. The molecule has 1 aliphatic heterocycles. The van der Waals surface area contributed by atoms with Crippen molar-refractivity contribution < 1.29 is 31.9 Å². The van der Waals surface area contributed by atoms with Crippen molar-refractivity contribution in [1.82, 2.24) is 15.6 Å². The molecule has 2 aromatic rings. The Labute approximate surface area is 159 Å². The van der Waals surface area contributed by atoms with E-state index in [1.54, 1.807) is 6.07 Å². The highest BCUT2D eigenvalue weighted by molar-refractivity contribution is 7.89. The summed E-state index contributed by atoms with van der Waals surface area (Å²) >= 11 is 0. The highest BCUT2D eigenvalue weighted by Gasteiger charge is 2.23. The van der Waals surface area contributed by atoms with E-state index in [2.05, 4.69) is 15.6 Å². The van der Waals surface area contributed by atoms with Crippen LogP contribution in [0, 0.1) is 5.82 Å². The zero-order chi connectivity index (χ0) is 20.3. The average molecular weight is 409 g/mol. The van der Waals surface area contributed by atoms with Gasteiger partial charge in [0.2, 0.25) is 16.8 Å². The zero-order valence-corrected chi connectivity index (χ0v) is 15.4. The summed E-state index contributed by atoms with van der Waals surface area (Å²) < 4.78 is 49.8. The lowest BCUT2D eigenvalue weighted by Gasteiger charge is -2.15. The molecule has 0 spiro atoms. The van der Waals surface area contributed by atoms with E-state index in [0.717, 1.165) is 24.3 Å². The number of carbonyl (C=O) groups excluding carboxylic acids is 2. The first kappa shape index (κ1) is 19.6. The number of hydrazine groups is 1. The van der Waals surface area contributed by atoms with Crippen LogP contribution in [0.4, 0.5) is 4.39 Å². The van der Waals surface area contributed by atoms with Gasteiger partial charge < -0.3 is 9.47 Å². The number of carbonyl (C=O) groups is 2. The molecular weight excluding hydrogens is 393 g/mol. The van der Waals surface area contributed by atoms with Gasteiger partial charge in [0.05, 0.1) is 10.9 Å². The first-order valence-corrected chi connectivity index (χ1v) is 9.52. The minimum Gasteiger partial charge on any atom is -0.454 e. The van der Waals surface area contributed by atoms with E-state index in [9.17, 15) is 22.4 Å². The average Bonchev–Trinajstić information content (AvgIpc) is 3.13. The van der Waals surface area contributed by atoms with Crippen molar-refractivity contribution in [2.24, 2.45) is 0 Å². The molecule has 0 aliphatic carbocycles. The van der Waals surface area contributed by atoms with Crippen LogP contribution >= 0.6 is 0 Å². The maximum atomic E-state index is 12.9. The molecule has 2 aromatic carbocycles. The Kier molecular flexibility index (Phi) is 5.47. The lowest BCUT2D eigenvalue weighted by molar-refractivity contribution is -0.123. The van der Waals surface area contributed by atoms with Crippen LogP contribution in [0.3, 0.4) is 0 Å². The second-order valence-electron chi connectivity index (χ2n) is 5.81. The molecule has 3 N–H and O–H groups in total. The summed E-state index contributed by atoms with van der Waals surface area (Å²) in [6, 6.07) is 7.41. The monoisotopic (exact) mass is 409 g/mol. The summed E-state index contributed by atoms with van der Waals surface area (Å²) in [5, 5.41) is 0. The van der Waals surface area contributed by atoms with Crippen LogP contribution in [-0.4, -0.2) is 33.1 Å². The maximum absolute atomic E-state index is 12.9. The van der Waals surface area contributed by atoms with Crippen LogP contribution in [0.5, 0.6) is 11.5 Å². The topological polar surface area (TPSA) is 123 Å².